The zero-order valence-corrected chi connectivity index (χ0v) is 20.0. The maximum absolute atomic E-state index is 13.0. The maximum Gasteiger partial charge on any atom is 0.247 e. The van der Waals surface area contributed by atoms with E-state index in [1.807, 2.05) is 11.0 Å². The van der Waals surface area contributed by atoms with Gasteiger partial charge < -0.3 is 19.6 Å². The molecule has 0 radical (unpaired) electrons. The summed E-state index contributed by atoms with van der Waals surface area (Å²) in [6, 6.07) is 13.3. The minimum atomic E-state index is -3.64. The van der Waals surface area contributed by atoms with Crippen molar-refractivity contribution in [2.75, 3.05) is 44.6 Å². The third kappa shape index (κ3) is 6.42. The van der Waals surface area contributed by atoms with Gasteiger partial charge in [0.05, 0.1) is 4.90 Å². The Morgan fingerprint density at radius 3 is 2.57 bits per heavy atom. The number of hydrogen-bond donors (Lipinski definition) is 2. The first-order chi connectivity index (χ1) is 16.8. The van der Waals surface area contributed by atoms with Crippen LogP contribution in [0.2, 0.25) is 0 Å². The summed E-state index contributed by atoms with van der Waals surface area (Å²) in [6.45, 7) is 3.46. The Hall–Kier alpha value is -3.32. The van der Waals surface area contributed by atoms with Crippen LogP contribution in [0.4, 0.5) is 5.69 Å². The number of β-amino-alcohol motifs (C(OH)–C–C–N with tert-alkyl or cyclic N) is 1. The molecule has 0 bridgehead atoms. The van der Waals surface area contributed by atoms with Gasteiger partial charge >= 0.3 is 0 Å². The zero-order valence-electron chi connectivity index (χ0n) is 19.2. The van der Waals surface area contributed by atoms with Crippen LogP contribution in [0.5, 0.6) is 5.75 Å². The van der Waals surface area contributed by atoms with Crippen molar-refractivity contribution in [3.63, 3.8) is 0 Å². The molecule has 1 amide bonds. The molecule has 35 heavy (non-hydrogen) atoms. The molecule has 2 heterocycles. The number of hydrogen-bond acceptors (Lipinski definition) is 9. The molecule has 1 aromatic heterocycles. The third-order valence-corrected chi connectivity index (χ3v) is 7.41. The van der Waals surface area contributed by atoms with Crippen molar-refractivity contribution < 1.29 is 27.5 Å². The van der Waals surface area contributed by atoms with Gasteiger partial charge in [-0.15, -0.1) is 10.2 Å². The second kappa shape index (κ2) is 11.0. The Morgan fingerprint density at radius 1 is 1.17 bits per heavy atom. The summed E-state index contributed by atoms with van der Waals surface area (Å²) in [5, 5.41) is 20.6. The van der Waals surface area contributed by atoms with E-state index in [2.05, 4.69) is 15.5 Å². The topological polar surface area (TPSA) is 138 Å². The number of carbonyl (C=O) groups is 1. The van der Waals surface area contributed by atoms with Crippen molar-refractivity contribution >= 4 is 21.6 Å². The molecular weight excluding hydrogens is 474 g/mol. The number of sulfonamides is 1. The van der Waals surface area contributed by atoms with Crippen molar-refractivity contribution in [3.8, 4) is 17.2 Å². The minimum Gasteiger partial charge on any atom is -0.491 e. The second-order valence-electron chi connectivity index (χ2n) is 8.15. The number of nitrogens with zero attached hydrogens (tertiary/aromatic N) is 4. The van der Waals surface area contributed by atoms with Gasteiger partial charge in [-0.1, -0.05) is 6.07 Å². The van der Waals surface area contributed by atoms with E-state index < -0.39 is 16.1 Å². The Bertz CT molecular complexity index is 1230. The van der Waals surface area contributed by atoms with Crippen LogP contribution in [0.25, 0.3) is 11.5 Å². The fourth-order valence-corrected chi connectivity index (χ4v) is 5.20. The molecular formula is C23H27N5O6S. The van der Waals surface area contributed by atoms with E-state index in [9.17, 15) is 18.3 Å². The van der Waals surface area contributed by atoms with Gasteiger partial charge in [0.2, 0.25) is 28.2 Å². The highest BCUT2D eigenvalue weighted by atomic mass is 32.2. The summed E-state index contributed by atoms with van der Waals surface area (Å²) in [5.41, 5.74) is 1.26. The summed E-state index contributed by atoms with van der Waals surface area (Å²) < 4.78 is 38.2. The predicted octanol–water partition coefficient (Wildman–Crippen LogP) is 1.44. The SMILES string of the molecule is CC(=O)Nc1ccc(S(=O)(=O)N2CCN(C[C@H](O)COc3cccc(-c4nnco4)c3)CC2)cc1. The fraction of sp³-hybridized carbons (Fsp3) is 0.348. The first-order valence-electron chi connectivity index (χ1n) is 11.1. The molecule has 186 valence electrons. The highest BCUT2D eigenvalue weighted by Gasteiger charge is 2.29. The van der Waals surface area contributed by atoms with Gasteiger partial charge in [-0.2, -0.15) is 4.31 Å². The smallest absolute Gasteiger partial charge is 0.247 e. The Kier molecular flexibility index (Phi) is 7.76. The van der Waals surface area contributed by atoms with Gasteiger partial charge in [0.1, 0.15) is 18.5 Å². The number of rotatable bonds is 9. The fourth-order valence-electron chi connectivity index (χ4n) is 3.78. The first-order valence-corrected chi connectivity index (χ1v) is 12.5. The number of aromatic nitrogens is 2. The van der Waals surface area contributed by atoms with Crippen LogP contribution >= 0.6 is 0 Å². The number of benzene rings is 2. The molecule has 4 rings (SSSR count). The molecule has 1 atom stereocenters. The number of amides is 1. The lowest BCUT2D eigenvalue weighted by Crippen LogP contribution is -2.50. The van der Waals surface area contributed by atoms with Crippen LogP contribution < -0.4 is 10.1 Å². The van der Waals surface area contributed by atoms with Crippen LogP contribution in [0.15, 0.2) is 64.2 Å². The molecule has 0 aliphatic carbocycles. The number of carbonyl (C=O) groups excluding carboxylic acids is 1. The van der Waals surface area contributed by atoms with E-state index in [1.165, 1.54) is 29.8 Å². The molecule has 0 saturated carbocycles. The van der Waals surface area contributed by atoms with Gasteiger partial charge in [-0.05, 0) is 42.5 Å². The molecule has 2 N–H and O–H groups in total. The standard InChI is InChI=1S/C23H27N5O6S/c1-17(29)25-19-5-7-22(8-6-19)35(31,32)28-11-9-27(10-12-28)14-20(30)15-33-21-4-2-3-18(13-21)23-26-24-16-34-23/h2-8,13,16,20,30H,9-12,14-15H2,1H3,(H,25,29)/t20-/m0/s1. The van der Waals surface area contributed by atoms with Crippen LogP contribution in [-0.2, 0) is 14.8 Å². The number of ether oxygens (including phenoxy) is 1. The monoisotopic (exact) mass is 501 g/mol. The lowest BCUT2D eigenvalue weighted by Gasteiger charge is -2.34. The van der Waals surface area contributed by atoms with E-state index in [-0.39, 0.29) is 17.4 Å². The normalized spacial score (nSPS) is 16.1. The van der Waals surface area contributed by atoms with E-state index in [0.717, 1.165) is 5.56 Å². The number of piperazine rings is 1. The Labute approximate surface area is 203 Å². The molecule has 1 fully saturated rings. The van der Waals surface area contributed by atoms with Crippen molar-refractivity contribution in [2.24, 2.45) is 0 Å². The Morgan fingerprint density at radius 2 is 1.91 bits per heavy atom. The summed E-state index contributed by atoms with van der Waals surface area (Å²) >= 11 is 0. The first kappa shape index (κ1) is 24.8. The quantitative estimate of drug-likeness (QED) is 0.446. The van der Waals surface area contributed by atoms with Gasteiger partial charge in [0, 0.05) is 50.9 Å². The predicted molar refractivity (Wildman–Crippen MR) is 127 cm³/mol. The average Bonchev–Trinajstić information content (AvgIpc) is 3.39. The lowest BCUT2D eigenvalue weighted by molar-refractivity contribution is -0.114. The summed E-state index contributed by atoms with van der Waals surface area (Å²) in [6.07, 6.45) is 0.508. The maximum atomic E-state index is 13.0. The van der Waals surface area contributed by atoms with E-state index in [4.69, 9.17) is 9.15 Å². The van der Waals surface area contributed by atoms with Crippen LogP contribution in [0.3, 0.4) is 0 Å². The molecule has 0 spiro atoms. The molecule has 11 nitrogen and oxygen atoms in total. The van der Waals surface area contributed by atoms with Gasteiger partial charge in [-0.25, -0.2) is 8.42 Å². The van der Waals surface area contributed by atoms with E-state index in [0.29, 0.717) is 50.1 Å². The molecule has 0 unspecified atom stereocenters. The second-order valence-corrected chi connectivity index (χ2v) is 10.1. The van der Waals surface area contributed by atoms with Crippen LogP contribution in [0.1, 0.15) is 6.92 Å². The molecule has 2 aromatic carbocycles. The van der Waals surface area contributed by atoms with E-state index in [1.54, 1.807) is 30.3 Å². The highest BCUT2D eigenvalue weighted by Crippen LogP contribution is 2.22. The average molecular weight is 502 g/mol. The molecule has 1 aliphatic heterocycles. The number of anilines is 1. The highest BCUT2D eigenvalue weighted by molar-refractivity contribution is 7.89. The van der Waals surface area contributed by atoms with Crippen molar-refractivity contribution in [3.05, 3.63) is 54.9 Å². The van der Waals surface area contributed by atoms with E-state index >= 15 is 0 Å². The minimum absolute atomic E-state index is 0.0897. The molecule has 12 heteroatoms. The Balaban J connectivity index is 1.25. The molecule has 1 saturated heterocycles. The number of nitrogens with one attached hydrogen (secondary N) is 1. The van der Waals surface area contributed by atoms with Crippen molar-refractivity contribution in [2.45, 2.75) is 17.9 Å². The summed E-state index contributed by atoms with van der Waals surface area (Å²) in [7, 11) is -3.64. The van der Waals surface area contributed by atoms with Gasteiger partial charge in [0.15, 0.2) is 0 Å². The number of aliphatic hydroxyl groups excluding tert-OH is 1. The zero-order chi connectivity index (χ0) is 24.8. The van der Waals surface area contributed by atoms with Gasteiger partial charge in [-0.3, -0.25) is 9.69 Å². The van der Waals surface area contributed by atoms with Gasteiger partial charge in [0.25, 0.3) is 0 Å². The number of aliphatic hydroxyl groups is 1. The summed E-state index contributed by atoms with van der Waals surface area (Å²) in [4.78, 5) is 13.3. The molecule has 1 aliphatic rings. The lowest BCUT2D eigenvalue weighted by atomic mass is 10.2. The molecule has 3 aromatic rings. The van der Waals surface area contributed by atoms with Crippen LogP contribution in [0, 0.1) is 0 Å². The van der Waals surface area contributed by atoms with Crippen molar-refractivity contribution in [1.29, 1.82) is 0 Å². The largest absolute Gasteiger partial charge is 0.491 e. The third-order valence-electron chi connectivity index (χ3n) is 5.50. The van der Waals surface area contributed by atoms with Crippen molar-refractivity contribution in [1.82, 2.24) is 19.4 Å². The van der Waals surface area contributed by atoms with Crippen LogP contribution in [-0.4, -0.2) is 84.3 Å². The summed E-state index contributed by atoms with van der Waals surface area (Å²) in [5.74, 6) is 0.731.